The summed E-state index contributed by atoms with van der Waals surface area (Å²) in [5.74, 6) is -0.678. The molecule has 3 nitrogen and oxygen atoms in total. The average Bonchev–Trinajstić information content (AvgIpc) is 2.32. The van der Waals surface area contributed by atoms with E-state index in [0.717, 1.165) is 6.07 Å². The van der Waals surface area contributed by atoms with Crippen LogP contribution >= 0.6 is 23.4 Å². The minimum Gasteiger partial charge on any atom is -0.466 e. The van der Waals surface area contributed by atoms with Gasteiger partial charge >= 0.3 is 11.5 Å². The molecule has 0 fully saturated rings. The molecule has 0 aliphatic rings. The monoisotopic (exact) mass is 323 g/mol. The number of carbonyl (C=O) groups is 1. The molecule has 1 rings (SSSR count). The highest BCUT2D eigenvalue weighted by atomic mass is 35.5. The largest absolute Gasteiger partial charge is 0.466 e. The molecule has 0 atom stereocenters. The van der Waals surface area contributed by atoms with Crippen LogP contribution in [0.5, 0.6) is 0 Å². The molecule has 0 aromatic heterocycles. The predicted octanol–water partition coefficient (Wildman–Crippen LogP) is 3.93. The van der Waals surface area contributed by atoms with Gasteiger partial charge in [-0.15, -0.1) is 0 Å². The van der Waals surface area contributed by atoms with E-state index in [1.807, 2.05) is 0 Å². The van der Waals surface area contributed by atoms with Crippen LogP contribution in [0.1, 0.15) is 18.1 Å². The van der Waals surface area contributed by atoms with Crippen LogP contribution in [-0.2, 0) is 16.0 Å². The van der Waals surface area contributed by atoms with Crippen molar-refractivity contribution in [1.29, 1.82) is 5.26 Å². The van der Waals surface area contributed by atoms with E-state index in [9.17, 15) is 18.0 Å². The van der Waals surface area contributed by atoms with Gasteiger partial charge in [0.15, 0.2) is 0 Å². The lowest BCUT2D eigenvalue weighted by Crippen LogP contribution is -2.10. The molecule has 0 bridgehead atoms. The first-order chi connectivity index (χ1) is 9.26. The predicted molar refractivity (Wildman–Crippen MR) is 68.4 cm³/mol. The van der Waals surface area contributed by atoms with Gasteiger partial charge in [-0.3, -0.25) is 4.79 Å². The van der Waals surface area contributed by atoms with Crippen LogP contribution in [0.3, 0.4) is 0 Å². The number of rotatable bonds is 4. The fourth-order valence-corrected chi connectivity index (χ4v) is 2.45. The SMILES string of the molecule is CCOC(=O)Cc1cc(C#N)cc(Cl)c1SC(F)(F)F. The van der Waals surface area contributed by atoms with Crippen LogP contribution in [0.2, 0.25) is 5.02 Å². The van der Waals surface area contributed by atoms with E-state index in [-0.39, 0.29) is 34.1 Å². The van der Waals surface area contributed by atoms with Crippen LogP contribution < -0.4 is 0 Å². The van der Waals surface area contributed by atoms with Crippen molar-refractivity contribution in [3.8, 4) is 6.07 Å². The summed E-state index contributed by atoms with van der Waals surface area (Å²) in [4.78, 5) is 11.1. The van der Waals surface area contributed by atoms with E-state index in [4.69, 9.17) is 16.9 Å². The molecule has 0 N–H and O–H groups in total. The van der Waals surface area contributed by atoms with Crippen molar-refractivity contribution in [3.05, 3.63) is 28.3 Å². The van der Waals surface area contributed by atoms with E-state index in [2.05, 4.69) is 4.74 Å². The molecule has 0 heterocycles. The molecule has 8 heteroatoms. The zero-order valence-corrected chi connectivity index (χ0v) is 11.8. The molecular formula is C12H9ClF3NO2S. The number of thioether (sulfide) groups is 1. The van der Waals surface area contributed by atoms with Crippen LogP contribution in [-0.4, -0.2) is 18.1 Å². The van der Waals surface area contributed by atoms with Crippen LogP contribution in [0.25, 0.3) is 0 Å². The third kappa shape index (κ3) is 4.94. The Hall–Kier alpha value is -1.39. The Labute approximate surface area is 122 Å². The highest BCUT2D eigenvalue weighted by Crippen LogP contribution is 2.42. The number of benzene rings is 1. The molecule has 0 spiro atoms. The van der Waals surface area contributed by atoms with Gasteiger partial charge in [-0.05, 0) is 36.4 Å². The number of carbonyl (C=O) groups excluding carboxylic acids is 1. The summed E-state index contributed by atoms with van der Waals surface area (Å²) in [5.41, 5.74) is -4.43. The van der Waals surface area contributed by atoms with Crippen LogP contribution in [0.4, 0.5) is 13.2 Å². The number of hydrogen-bond donors (Lipinski definition) is 0. The quantitative estimate of drug-likeness (QED) is 0.622. The summed E-state index contributed by atoms with van der Waals surface area (Å²) in [6, 6.07) is 4.11. The summed E-state index contributed by atoms with van der Waals surface area (Å²) in [6.07, 6.45) is -0.374. The van der Waals surface area contributed by atoms with Gasteiger partial charge in [0.05, 0.1) is 29.7 Å². The summed E-state index contributed by atoms with van der Waals surface area (Å²) >= 11 is 5.34. The van der Waals surface area contributed by atoms with Gasteiger partial charge in [-0.2, -0.15) is 18.4 Å². The van der Waals surface area contributed by atoms with Crippen molar-refractivity contribution >= 4 is 29.3 Å². The van der Waals surface area contributed by atoms with Crippen LogP contribution in [0.15, 0.2) is 17.0 Å². The second-order valence-electron chi connectivity index (χ2n) is 3.59. The van der Waals surface area contributed by atoms with Gasteiger partial charge in [0, 0.05) is 4.90 Å². The number of halogens is 4. The summed E-state index contributed by atoms with van der Waals surface area (Å²) in [5, 5.41) is 8.58. The number of nitrogens with zero attached hydrogens (tertiary/aromatic N) is 1. The smallest absolute Gasteiger partial charge is 0.446 e. The maximum atomic E-state index is 12.5. The molecule has 108 valence electrons. The van der Waals surface area contributed by atoms with Gasteiger partial charge in [-0.25, -0.2) is 0 Å². The van der Waals surface area contributed by atoms with Crippen molar-refractivity contribution in [3.63, 3.8) is 0 Å². The number of hydrogen-bond acceptors (Lipinski definition) is 4. The lowest BCUT2D eigenvalue weighted by Gasteiger charge is -2.13. The van der Waals surface area contributed by atoms with Crippen LogP contribution in [0, 0.1) is 11.3 Å². The normalized spacial score (nSPS) is 11.0. The molecule has 0 unspecified atom stereocenters. The Balaban J connectivity index is 3.19. The summed E-state index contributed by atoms with van der Waals surface area (Å²) in [7, 11) is 0. The first-order valence-corrected chi connectivity index (χ1v) is 6.60. The van der Waals surface area contributed by atoms with Crippen molar-refractivity contribution < 1.29 is 22.7 Å². The van der Waals surface area contributed by atoms with E-state index < -0.39 is 23.2 Å². The lowest BCUT2D eigenvalue weighted by molar-refractivity contribution is -0.142. The van der Waals surface area contributed by atoms with Crippen molar-refractivity contribution in [1.82, 2.24) is 0 Å². The minimum atomic E-state index is -4.54. The Morgan fingerprint density at radius 1 is 1.50 bits per heavy atom. The molecule has 0 radical (unpaired) electrons. The van der Waals surface area contributed by atoms with E-state index in [1.165, 1.54) is 6.07 Å². The van der Waals surface area contributed by atoms with Crippen molar-refractivity contribution in [2.75, 3.05) is 6.61 Å². The Bertz CT molecular complexity index is 555. The third-order valence-corrected chi connectivity index (χ3v) is 3.44. The summed E-state index contributed by atoms with van der Waals surface area (Å²) in [6.45, 7) is 1.70. The third-order valence-electron chi connectivity index (χ3n) is 2.11. The maximum absolute atomic E-state index is 12.5. The van der Waals surface area contributed by atoms with Gasteiger partial charge in [0.2, 0.25) is 0 Å². The van der Waals surface area contributed by atoms with Gasteiger partial charge in [0.25, 0.3) is 0 Å². The van der Waals surface area contributed by atoms with Gasteiger partial charge in [0.1, 0.15) is 0 Å². The summed E-state index contributed by atoms with van der Waals surface area (Å²) < 4.78 is 42.2. The maximum Gasteiger partial charge on any atom is 0.446 e. The molecular weight excluding hydrogens is 315 g/mol. The number of ether oxygens (including phenoxy) is 1. The molecule has 1 aromatic carbocycles. The molecule has 0 amide bonds. The van der Waals surface area contributed by atoms with Crippen molar-refractivity contribution in [2.24, 2.45) is 0 Å². The van der Waals surface area contributed by atoms with E-state index >= 15 is 0 Å². The Kier molecular flexibility index (Phi) is 5.72. The highest BCUT2D eigenvalue weighted by molar-refractivity contribution is 8.00. The van der Waals surface area contributed by atoms with Gasteiger partial charge in [-0.1, -0.05) is 11.6 Å². The standard InChI is InChI=1S/C12H9ClF3NO2S/c1-2-19-10(18)5-8-3-7(6-17)4-9(13)11(8)20-12(14,15)16/h3-4H,2,5H2,1H3. The first-order valence-electron chi connectivity index (χ1n) is 5.40. The van der Waals surface area contributed by atoms with E-state index in [0.29, 0.717) is 0 Å². The molecule has 0 saturated heterocycles. The van der Waals surface area contributed by atoms with Gasteiger partial charge < -0.3 is 4.74 Å². The number of nitriles is 1. The fraction of sp³-hybridized carbons (Fsp3) is 0.333. The number of esters is 1. The number of alkyl halides is 3. The zero-order valence-electron chi connectivity index (χ0n) is 10.3. The molecule has 0 saturated carbocycles. The Morgan fingerprint density at radius 2 is 2.15 bits per heavy atom. The van der Waals surface area contributed by atoms with Crippen molar-refractivity contribution in [2.45, 2.75) is 23.7 Å². The fourth-order valence-electron chi connectivity index (χ4n) is 1.44. The highest BCUT2D eigenvalue weighted by Gasteiger charge is 2.32. The lowest BCUT2D eigenvalue weighted by atomic mass is 10.1. The average molecular weight is 324 g/mol. The molecule has 0 aliphatic carbocycles. The topological polar surface area (TPSA) is 50.1 Å². The minimum absolute atomic E-state index is 0.0230. The Morgan fingerprint density at radius 3 is 2.65 bits per heavy atom. The molecule has 0 aliphatic heterocycles. The van der Waals surface area contributed by atoms with E-state index in [1.54, 1.807) is 13.0 Å². The molecule has 1 aromatic rings. The second kappa shape index (κ2) is 6.86. The first kappa shape index (κ1) is 16.7. The molecule has 20 heavy (non-hydrogen) atoms. The zero-order chi connectivity index (χ0) is 15.3. The second-order valence-corrected chi connectivity index (χ2v) is 5.07.